The van der Waals surface area contributed by atoms with Gasteiger partial charge in [-0.15, -0.1) is 0 Å². The third-order valence-electron chi connectivity index (χ3n) is 4.71. The molecule has 0 amide bonds. The van der Waals surface area contributed by atoms with Crippen molar-refractivity contribution in [3.63, 3.8) is 0 Å². The number of rotatable bonds is 2. The third kappa shape index (κ3) is 3.05. The number of aryl methyl sites for hydroxylation is 1. The van der Waals surface area contributed by atoms with E-state index >= 15 is 0 Å². The second-order valence-corrected chi connectivity index (χ2v) is 6.51. The number of aromatic nitrogens is 3. The maximum Gasteiger partial charge on any atom is 0.416 e. The molecule has 0 bridgehead atoms. The maximum atomic E-state index is 13.1. The number of nitrogens with one attached hydrogen (secondary N) is 1. The molecule has 1 aliphatic rings. The van der Waals surface area contributed by atoms with Crippen molar-refractivity contribution in [1.82, 2.24) is 14.8 Å². The fourth-order valence-corrected chi connectivity index (χ4v) is 3.34. The lowest BCUT2D eigenvalue weighted by molar-refractivity contribution is -0.137. The van der Waals surface area contributed by atoms with E-state index in [0.717, 1.165) is 17.2 Å². The van der Waals surface area contributed by atoms with Crippen LogP contribution in [-0.4, -0.2) is 14.8 Å². The van der Waals surface area contributed by atoms with Crippen LogP contribution in [0.4, 0.5) is 19.1 Å². The number of hydrogen-bond donors (Lipinski definition) is 1. The van der Waals surface area contributed by atoms with E-state index in [-0.39, 0.29) is 12.1 Å². The van der Waals surface area contributed by atoms with E-state index in [4.69, 9.17) is 0 Å². The molecular weight excluding hydrogens is 341 g/mol. The van der Waals surface area contributed by atoms with E-state index in [1.54, 1.807) is 10.7 Å². The summed E-state index contributed by atoms with van der Waals surface area (Å²) < 4.78 is 41.0. The molecule has 2 heterocycles. The van der Waals surface area contributed by atoms with Gasteiger partial charge in [-0.25, -0.2) is 4.68 Å². The fourth-order valence-electron chi connectivity index (χ4n) is 3.34. The van der Waals surface area contributed by atoms with Gasteiger partial charge in [-0.1, -0.05) is 42.0 Å². The molecule has 1 aliphatic heterocycles. The molecule has 4 rings (SSSR count). The van der Waals surface area contributed by atoms with Gasteiger partial charge in [0.15, 0.2) is 0 Å². The first-order valence-electron chi connectivity index (χ1n) is 8.31. The van der Waals surface area contributed by atoms with Crippen molar-refractivity contribution in [2.24, 2.45) is 0 Å². The predicted octanol–water partition coefficient (Wildman–Crippen LogP) is 4.75. The summed E-state index contributed by atoms with van der Waals surface area (Å²) in [5.74, 6) is 0.559. The summed E-state index contributed by atoms with van der Waals surface area (Å²) in [6, 6.07) is 13.2. The van der Waals surface area contributed by atoms with Gasteiger partial charge in [0, 0.05) is 0 Å². The molecule has 2 aromatic carbocycles. The van der Waals surface area contributed by atoms with Crippen LogP contribution in [0.3, 0.4) is 0 Å². The Morgan fingerprint density at radius 1 is 1.08 bits per heavy atom. The molecule has 0 radical (unpaired) electrons. The molecule has 0 aliphatic carbocycles. The Bertz CT molecular complexity index is 915. The van der Waals surface area contributed by atoms with Gasteiger partial charge in [0.1, 0.15) is 6.33 Å². The van der Waals surface area contributed by atoms with Crippen LogP contribution in [-0.2, 0) is 6.18 Å². The lowest BCUT2D eigenvalue weighted by Gasteiger charge is -2.32. The maximum absolute atomic E-state index is 13.1. The number of hydrogen-bond acceptors (Lipinski definition) is 3. The van der Waals surface area contributed by atoms with Crippen LogP contribution < -0.4 is 5.32 Å². The van der Waals surface area contributed by atoms with Crippen molar-refractivity contribution in [3.05, 3.63) is 77.1 Å². The Kier molecular flexibility index (Phi) is 3.94. The van der Waals surface area contributed by atoms with E-state index in [9.17, 15) is 13.2 Å². The molecule has 2 atom stereocenters. The molecule has 7 heteroatoms. The zero-order chi connectivity index (χ0) is 18.3. The average Bonchev–Trinajstić information content (AvgIpc) is 3.09. The summed E-state index contributed by atoms with van der Waals surface area (Å²) in [6.45, 7) is 2.01. The molecule has 0 spiro atoms. The highest BCUT2D eigenvalue weighted by Gasteiger charge is 2.34. The molecule has 0 unspecified atom stereocenters. The monoisotopic (exact) mass is 358 g/mol. The van der Waals surface area contributed by atoms with Crippen LogP contribution in [0, 0.1) is 6.92 Å². The molecule has 26 heavy (non-hydrogen) atoms. The summed E-state index contributed by atoms with van der Waals surface area (Å²) in [4.78, 5) is 4.22. The van der Waals surface area contributed by atoms with Crippen molar-refractivity contribution >= 4 is 5.95 Å². The normalized spacial score (nSPS) is 19.7. The van der Waals surface area contributed by atoms with Gasteiger partial charge in [0.25, 0.3) is 0 Å². The highest BCUT2D eigenvalue weighted by Crippen LogP contribution is 2.39. The summed E-state index contributed by atoms with van der Waals surface area (Å²) in [5.41, 5.74) is 2.15. The zero-order valence-corrected chi connectivity index (χ0v) is 14.0. The number of anilines is 1. The lowest BCUT2D eigenvalue weighted by atomic mass is 9.92. The van der Waals surface area contributed by atoms with Crippen LogP contribution in [0.25, 0.3) is 0 Å². The Morgan fingerprint density at radius 3 is 2.58 bits per heavy atom. The van der Waals surface area contributed by atoms with E-state index in [1.807, 2.05) is 31.2 Å². The molecule has 0 saturated heterocycles. The van der Waals surface area contributed by atoms with Gasteiger partial charge >= 0.3 is 6.18 Å². The van der Waals surface area contributed by atoms with Gasteiger partial charge in [-0.05, 0) is 36.6 Å². The fraction of sp³-hybridized carbons (Fsp3) is 0.263. The Hall–Kier alpha value is -2.83. The summed E-state index contributed by atoms with van der Waals surface area (Å²) in [6.07, 6.45) is -2.37. The Labute approximate surface area is 148 Å². The van der Waals surface area contributed by atoms with Gasteiger partial charge in [-0.3, -0.25) is 0 Å². The minimum Gasteiger partial charge on any atom is -0.348 e. The molecular formula is C19H17F3N4. The van der Waals surface area contributed by atoms with E-state index in [0.29, 0.717) is 17.9 Å². The molecule has 1 N–H and O–H groups in total. The third-order valence-corrected chi connectivity index (χ3v) is 4.71. The summed E-state index contributed by atoms with van der Waals surface area (Å²) >= 11 is 0. The van der Waals surface area contributed by atoms with Crippen molar-refractivity contribution in [2.45, 2.75) is 31.6 Å². The van der Waals surface area contributed by atoms with Gasteiger partial charge in [0.05, 0.1) is 17.6 Å². The van der Waals surface area contributed by atoms with Gasteiger partial charge < -0.3 is 5.32 Å². The number of alkyl halides is 3. The first-order valence-corrected chi connectivity index (χ1v) is 8.31. The van der Waals surface area contributed by atoms with Crippen LogP contribution in [0.1, 0.15) is 40.8 Å². The minimum atomic E-state index is -4.37. The van der Waals surface area contributed by atoms with Crippen molar-refractivity contribution in [1.29, 1.82) is 0 Å². The highest BCUT2D eigenvalue weighted by molar-refractivity contribution is 5.39. The molecule has 3 aromatic rings. The van der Waals surface area contributed by atoms with Crippen molar-refractivity contribution in [2.75, 3.05) is 5.32 Å². The summed E-state index contributed by atoms with van der Waals surface area (Å²) in [5, 5.41) is 7.53. The molecule has 0 saturated carbocycles. The molecule has 0 fully saturated rings. The lowest BCUT2D eigenvalue weighted by Crippen LogP contribution is -2.28. The number of benzene rings is 2. The highest BCUT2D eigenvalue weighted by atomic mass is 19.4. The second kappa shape index (κ2) is 6.16. The SMILES string of the molecule is Cc1ccc([C@H]2C[C@H](c3cccc(C(F)(F)F)c3)n3ncnc3N2)cc1. The number of nitrogens with zero attached hydrogens (tertiary/aromatic N) is 3. The minimum absolute atomic E-state index is 0.0492. The molecule has 134 valence electrons. The number of halogens is 3. The van der Waals surface area contributed by atoms with E-state index < -0.39 is 11.7 Å². The van der Waals surface area contributed by atoms with Crippen LogP contribution >= 0.6 is 0 Å². The van der Waals surface area contributed by atoms with E-state index in [1.165, 1.54) is 18.5 Å². The molecule has 1 aromatic heterocycles. The molecule has 4 nitrogen and oxygen atoms in total. The zero-order valence-electron chi connectivity index (χ0n) is 14.0. The van der Waals surface area contributed by atoms with Crippen LogP contribution in [0.5, 0.6) is 0 Å². The largest absolute Gasteiger partial charge is 0.416 e. The average molecular weight is 358 g/mol. The van der Waals surface area contributed by atoms with Crippen molar-refractivity contribution < 1.29 is 13.2 Å². The van der Waals surface area contributed by atoms with Crippen LogP contribution in [0.15, 0.2) is 54.9 Å². The first kappa shape index (κ1) is 16.6. The first-order chi connectivity index (χ1) is 12.4. The Balaban J connectivity index is 1.73. The second-order valence-electron chi connectivity index (χ2n) is 6.51. The van der Waals surface area contributed by atoms with Gasteiger partial charge in [-0.2, -0.15) is 23.3 Å². The topological polar surface area (TPSA) is 42.7 Å². The summed E-state index contributed by atoms with van der Waals surface area (Å²) in [7, 11) is 0. The van der Waals surface area contributed by atoms with Crippen LogP contribution in [0.2, 0.25) is 0 Å². The van der Waals surface area contributed by atoms with Gasteiger partial charge in [0.2, 0.25) is 5.95 Å². The quantitative estimate of drug-likeness (QED) is 0.719. The predicted molar refractivity (Wildman–Crippen MR) is 91.8 cm³/mol. The smallest absolute Gasteiger partial charge is 0.348 e. The van der Waals surface area contributed by atoms with E-state index in [2.05, 4.69) is 15.4 Å². The van der Waals surface area contributed by atoms with Crippen molar-refractivity contribution in [3.8, 4) is 0 Å². The standard InChI is InChI=1S/C19H17F3N4/c1-12-5-7-13(8-6-12)16-10-17(26-18(25-16)23-11-24-26)14-3-2-4-15(9-14)19(20,21)22/h2-9,11,16-17H,10H2,1H3,(H,23,24,25)/t16-,17-/m1/s1. The Morgan fingerprint density at radius 2 is 1.85 bits per heavy atom. The number of fused-ring (bicyclic) bond motifs is 1.